The molecule has 1 aromatic heterocycles. The lowest BCUT2D eigenvalue weighted by Gasteiger charge is -2.11. The molecule has 1 atom stereocenters. The number of aromatic nitrogens is 2. The molecule has 0 radical (unpaired) electrons. The third kappa shape index (κ3) is 3.23. The van der Waals surface area contributed by atoms with Crippen LogP contribution >= 0.6 is 11.6 Å². The van der Waals surface area contributed by atoms with Crippen molar-refractivity contribution in [3.8, 4) is 0 Å². The summed E-state index contributed by atoms with van der Waals surface area (Å²) in [6, 6.07) is 0. The smallest absolute Gasteiger partial charge is 0.304 e. The van der Waals surface area contributed by atoms with Gasteiger partial charge in [0.05, 0.1) is 33.8 Å². The minimum atomic E-state index is -3.57. The van der Waals surface area contributed by atoms with Gasteiger partial charge in [-0.25, -0.2) is 8.42 Å². The van der Waals surface area contributed by atoms with Crippen LogP contribution in [0.3, 0.4) is 0 Å². The number of rotatable bonds is 5. The normalized spacial score (nSPS) is 13.6. The summed E-state index contributed by atoms with van der Waals surface area (Å²) in [4.78, 5) is 10.5. The average molecular weight is 295 g/mol. The van der Waals surface area contributed by atoms with E-state index < -0.39 is 27.5 Å². The summed E-state index contributed by atoms with van der Waals surface area (Å²) in [7, 11) is -1.96. The van der Waals surface area contributed by atoms with Gasteiger partial charge in [0, 0.05) is 7.05 Å². The Hall–Kier alpha value is -1.08. The van der Waals surface area contributed by atoms with Gasteiger partial charge in [-0.2, -0.15) is 5.10 Å². The van der Waals surface area contributed by atoms with Crippen molar-refractivity contribution in [3.63, 3.8) is 0 Å². The van der Waals surface area contributed by atoms with Crippen LogP contribution in [0, 0.1) is 6.92 Å². The SMILES string of the molecule is Cc1nn(C)c(CS(=O)(=O)C(C)CC(=O)O)c1Cl. The fourth-order valence-electron chi connectivity index (χ4n) is 1.54. The molecule has 0 aliphatic rings. The highest BCUT2D eigenvalue weighted by Crippen LogP contribution is 2.23. The van der Waals surface area contributed by atoms with Crippen LogP contribution in [0.25, 0.3) is 0 Å². The molecule has 0 aromatic carbocycles. The Balaban J connectivity index is 2.99. The summed E-state index contributed by atoms with van der Waals surface area (Å²) in [6.07, 6.45) is -0.420. The number of nitrogens with zero attached hydrogens (tertiary/aromatic N) is 2. The number of aliphatic carboxylic acids is 1. The number of hydrogen-bond acceptors (Lipinski definition) is 4. The van der Waals surface area contributed by atoms with Crippen LogP contribution in [0.15, 0.2) is 0 Å². The molecule has 6 nitrogen and oxygen atoms in total. The molecule has 1 aromatic rings. The number of hydrogen-bond donors (Lipinski definition) is 1. The monoisotopic (exact) mass is 294 g/mol. The van der Waals surface area contributed by atoms with Gasteiger partial charge in [-0.05, 0) is 13.8 Å². The summed E-state index contributed by atoms with van der Waals surface area (Å²) < 4.78 is 25.4. The van der Waals surface area contributed by atoms with Gasteiger partial charge in [0.15, 0.2) is 9.84 Å². The molecular weight excluding hydrogens is 280 g/mol. The summed E-state index contributed by atoms with van der Waals surface area (Å²) in [5.41, 5.74) is 0.932. The number of carbonyl (C=O) groups is 1. The first-order valence-corrected chi connectivity index (χ1v) is 7.35. The lowest BCUT2D eigenvalue weighted by molar-refractivity contribution is -0.136. The maximum absolute atomic E-state index is 12.0. The van der Waals surface area contributed by atoms with Crippen LogP contribution < -0.4 is 0 Å². The minimum absolute atomic E-state index is 0.308. The number of sulfone groups is 1. The predicted molar refractivity (Wildman–Crippen MR) is 67.3 cm³/mol. The van der Waals surface area contributed by atoms with Crippen LogP contribution in [0.1, 0.15) is 24.7 Å². The lowest BCUT2D eigenvalue weighted by Crippen LogP contribution is -2.23. The second-order valence-corrected chi connectivity index (χ2v) is 6.98. The molecule has 18 heavy (non-hydrogen) atoms. The molecule has 1 N–H and O–H groups in total. The second kappa shape index (κ2) is 5.27. The van der Waals surface area contributed by atoms with E-state index in [-0.39, 0.29) is 5.75 Å². The van der Waals surface area contributed by atoms with Crippen molar-refractivity contribution >= 4 is 27.4 Å². The van der Waals surface area contributed by atoms with Crippen LogP contribution in [0.4, 0.5) is 0 Å². The van der Waals surface area contributed by atoms with Gasteiger partial charge in [0.2, 0.25) is 0 Å². The van der Waals surface area contributed by atoms with Crippen molar-refractivity contribution in [2.45, 2.75) is 31.3 Å². The molecule has 1 rings (SSSR count). The number of carboxylic acids is 1. The van der Waals surface area contributed by atoms with Gasteiger partial charge in [-0.1, -0.05) is 11.6 Å². The first-order valence-electron chi connectivity index (χ1n) is 5.26. The highest BCUT2D eigenvalue weighted by Gasteiger charge is 2.26. The maximum atomic E-state index is 12.0. The maximum Gasteiger partial charge on any atom is 0.304 e. The number of aryl methyl sites for hydroxylation is 2. The molecule has 0 spiro atoms. The molecular formula is C10H15ClN2O4S. The fraction of sp³-hybridized carbons (Fsp3) is 0.600. The van der Waals surface area contributed by atoms with Gasteiger partial charge < -0.3 is 5.11 Å². The van der Waals surface area contributed by atoms with Crippen molar-refractivity contribution in [1.29, 1.82) is 0 Å². The molecule has 0 aliphatic heterocycles. The molecule has 1 heterocycles. The molecule has 0 fully saturated rings. The third-order valence-corrected chi connectivity index (χ3v) is 5.23. The summed E-state index contributed by atoms with van der Waals surface area (Å²) in [6.45, 7) is 3.06. The first kappa shape index (κ1) is 15.0. The van der Waals surface area contributed by atoms with Crippen LogP contribution in [0.5, 0.6) is 0 Å². The summed E-state index contributed by atoms with van der Waals surface area (Å²) in [5.74, 6) is -1.45. The van der Waals surface area contributed by atoms with Gasteiger partial charge in [0.25, 0.3) is 0 Å². The van der Waals surface area contributed by atoms with E-state index in [1.165, 1.54) is 11.6 Å². The summed E-state index contributed by atoms with van der Waals surface area (Å²) >= 11 is 5.97. The molecule has 0 saturated carbocycles. The van der Waals surface area contributed by atoms with E-state index in [9.17, 15) is 13.2 Å². The van der Waals surface area contributed by atoms with Crippen molar-refractivity contribution in [2.24, 2.45) is 7.05 Å². The van der Waals surface area contributed by atoms with E-state index >= 15 is 0 Å². The minimum Gasteiger partial charge on any atom is -0.481 e. The largest absolute Gasteiger partial charge is 0.481 e. The zero-order valence-corrected chi connectivity index (χ0v) is 11.9. The zero-order chi connectivity index (χ0) is 14.1. The third-order valence-electron chi connectivity index (χ3n) is 2.67. The highest BCUT2D eigenvalue weighted by molar-refractivity contribution is 7.91. The van der Waals surface area contributed by atoms with Crippen LogP contribution in [-0.2, 0) is 27.4 Å². The van der Waals surface area contributed by atoms with E-state index in [1.54, 1.807) is 14.0 Å². The molecule has 0 aliphatic carbocycles. The van der Waals surface area contributed by atoms with Gasteiger partial charge in [-0.3, -0.25) is 9.48 Å². The van der Waals surface area contributed by atoms with E-state index in [0.29, 0.717) is 16.4 Å². The standard InChI is InChI=1S/C10H15ClN2O4S/c1-6(4-9(14)15)18(16,17)5-8-10(11)7(2)12-13(8)3/h6H,4-5H2,1-3H3,(H,14,15). The van der Waals surface area contributed by atoms with E-state index in [2.05, 4.69) is 5.10 Å². The van der Waals surface area contributed by atoms with Gasteiger partial charge in [-0.15, -0.1) is 0 Å². The van der Waals surface area contributed by atoms with Crippen molar-refractivity contribution in [1.82, 2.24) is 9.78 Å². The second-order valence-electron chi connectivity index (χ2n) is 4.19. The zero-order valence-electron chi connectivity index (χ0n) is 10.3. The van der Waals surface area contributed by atoms with Crippen LogP contribution in [0.2, 0.25) is 5.02 Å². The molecule has 8 heteroatoms. The Morgan fingerprint density at radius 2 is 2.11 bits per heavy atom. The van der Waals surface area contributed by atoms with Crippen molar-refractivity contribution in [3.05, 3.63) is 16.4 Å². The Kier molecular flexibility index (Phi) is 4.39. The Labute approximate surface area is 110 Å². The van der Waals surface area contributed by atoms with E-state index in [0.717, 1.165) is 0 Å². The number of carboxylic acid groups (broad SMARTS) is 1. The van der Waals surface area contributed by atoms with Gasteiger partial charge in [0.1, 0.15) is 0 Å². The molecule has 102 valence electrons. The first-order chi connectivity index (χ1) is 8.15. The van der Waals surface area contributed by atoms with Crippen LogP contribution in [-0.4, -0.2) is 34.5 Å². The predicted octanol–water partition coefficient (Wildman–Crippen LogP) is 1.16. The average Bonchev–Trinajstić information content (AvgIpc) is 2.44. The van der Waals surface area contributed by atoms with Crippen molar-refractivity contribution < 1.29 is 18.3 Å². The van der Waals surface area contributed by atoms with E-state index in [1.807, 2.05) is 0 Å². The topological polar surface area (TPSA) is 89.3 Å². The quantitative estimate of drug-likeness (QED) is 0.880. The Morgan fingerprint density at radius 1 is 1.56 bits per heavy atom. The fourth-order valence-corrected chi connectivity index (χ4v) is 3.24. The Bertz CT molecular complexity index is 565. The molecule has 0 saturated heterocycles. The number of halogens is 1. The van der Waals surface area contributed by atoms with Gasteiger partial charge >= 0.3 is 5.97 Å². The Morgan fingerprint density at radius 3 is 2.50 bits per heavy atom. The molecule has 0 bridgehead atoms. The van der Waals surface area contributed by atoms with Crippen molar-refractivity contribution in [2.75, 3.05) is 0 Å². The highest BCUT2D eigenvalue weighted by atomic mass is 35.5. The molecule has 0 amide bonds. The van der Waals surface area contributed by atoms with E-state index in [4.69, 9.17) is 16.7 Å². The molecule has 1 unspecified atom stereocenters. The lowest BCUT2D eigenvalue weighted by atomic mass is 10.3. The summed E-state index contributed by atoms with van der Waals surface area (Å²) in [5, 5.41) is 12.0.